The van der Waals surface area contributed by atoms with Crippen LogP contribution in [0.5, 0.6) is 11.5 Å². The summed E-state index contributed by atoms with van der Waals surface area (Å²) >= 11 is 0. The summed E-state index contributed by atoms with van der Waals surface area (Å²) in [6, 6.07) is 23.4. The number of hydrogen-bond acceptors (Lipinski definition) is 6. The number of morpholine rings is 1. The van der Waals surface area contributed by atoms with Gasteiger partial charge in [-0.3, -0.25) is 0 Å². The SMILES string of the molecule is C#Cc1nc(Nc2ccc(Oc3ccccc3)c(C)c2)c2ccccc2n1.C1NCC2OC12. The number of aromatic nitrogens is 2. The Labute approximate surface area is 193 Å². The predicted molar refractivity (Wildman–Crippen MR) is 130 cm³/mol. The number of ether oxygens (including phenoxy) is 2. The third-order valence-corrected chi connectivity index (χ3v) is 5.52. The summed E-state index contributed by atoms with van der Waals surface area (Å²) in [7, 11) is 0. The molecule has 6 heteroatoms. The van der Waals surface area contributed by atoms with Gasteiger partial charge in [0.15, 0.2) is 0 Å². The van der Waals surface area contributed by atoms with Crippen LogP contribution in [-0.4, -0.2) is 35.3 Å². The molecular formula is C27H24N4O2. The van der Waals surface area contributed by atoms with Gasteiger partial charge >= 0.3 is 0 Å². The maximum absolute atomic E-state index is 5.94. The molecule has 3 aromatic carbocycles. The van der Waals surface area contributed by atoms with E-state index < -0.39 is 0 Å². The van der Waals surface area contributed by atoms with E-state index in [-0.39, 0.29) is 0 Å². The van der Waals surface area contributed by atoms with Gasteiger partial charge in [0.25, 0.3) is 0 Å². The number of anilines is 2. The predicted octanol–water partition coefficient (Wildman–Crippen LogP) is 4.81. The lowest BCUT2D eigenvalue weighted by molar-refractivity contribution is 0.331. The third kappa shape index (κ3) is 4.96. The molecule has 3 heterocycles. The van der Waals surface area contributed by atoms with Crippen LogP contribution in [0, 0.1) is 19.3 Å². The monoisotopic (exact) mass is 436 g/mol. The highest BCUT2D eigenvalue weighted by Gasteiger charge is 2.42. The lowest BCUT2D eigenvalue weighted by Gasteiger charge is -2.13. The van der Waals surface area contributed by atoms with Crippen molar-refractivity contribution < 1.29 is 9.47 Å². The molecule has 0 spiro atoms. The van der Waals surface area contributed by atoms with Gasteiger partial charge in [-0.15, -0.1) is 6.42 Å². The Balaban J connectivity index is 0.000000324. The van der Waals surface area contributed by atoms with Crippen molar-refractivity contribution in [1.82, 2.24) is 15.3 Å². The first-order valence-electron chi connectivity index (χ1n) is 10.9. The molecule has 6 nitrogen and oxygen atoms in total. The molecule has 0 saturated carbocycles. The van der Waals surface area contributed by atoms with Gasteiger partial charge in [0.2, 0.25) is 5.82 Å². The normalized spacial score (nSPS) is 17.9. The van der Waals surface area contributed by atoms with E-state index in [1.54, 1.807) is 0 Å². The average molecular weight is 437 g/mol. The molecule has 33 heavy (non-hydrogen) atoms. The minimum Gasteiger partial charge on any atom is -0.457 e. The first kappa shape index (κ1) is 21.0. The van der Waals surface area contributed by atoms with Gasteiger partial charge in [-0.05, 0) is 60.9 Å². The number of aryl methyl sites for hydroxylation is 1. The smallest absolute Gasteiger partial charge is 0.207 e. The van der Waals surface area contributed by atoms with Crippen LogP contribution in [-0.2, 0) is 4.74 Å². The highest BCUT2D eigenvalue weighted by molar-refractivity contribution is 5.91. The summed E-state index contributed by atoms with van der Waals surface area (Å²) in [4.78, 5) is 8.81. The van der Waals surface area contributed by atoms with Crippen LogP contribution in [0.15, 0.2) is 72.8 Å². The molecule has 0 amide bonds. The highest BCUT2D eigenvalue weighted by Crippen LogP contribution is 2.30. The topological polar surface area (TPSA) is 71.6 Å². The van der Waals surface area contributed by atoms with E-state index in [9.17, 15) is 0 Å². The molecule has 2 saturated heterocycles. The van der Waals surface area contributed by atoms with E-state index in [1.807, 2.05) is 79.7 Å². The van der Waals surface area contributed by atoms with Crippen LogP contribution < -0.4 is 15.4 Å². The second-order valence-electron chi connectivity index (χ2n) is 7.95. The molecule has 2 N–H and O–H groups in total. The number of fused-ring (bicyclic) bond motifs is 2. The fraction of sp³-hybridized carbons (Fsp3) is 0.185. The molecule has 2 unspecified atom stereocenters. The molecule has 164 valence electrons. The Bertz CT molecular complexity index is 1310. The summed E-state index contributed by atoms with van der Waals surface area (Å²) < 4.78 is 11.0. The van der Waals surface area contributed by atoms with Gasteiger partial charge in [0.1, 0.15) is 17.3 Å². The number of hydrogen-bond donors (Lipinski definition) is 2. The zero-order chi connectivity index (χ0) is 22.6. The van der Waals surface area contributed by atoms with Crippen molar-refractivity contribution in [1.29, 1.82) is 0 Å². The van der Waals surface area contributed by atoms with Gasteiger partial charge in [-0.2, -0.15) is 0 Å². The van der Waals surface area contributed by atoms with Crippen LogP contribution >= 0.6 is 0 Å². The van der Waals surface area contributed by atoms with Gasteiger partial charge in [0.05, 0.1) is 17.7 Å². The Morgan fingerprint density at radius 1 is 1.00 bits per heavy atom. The van der Waals surface area contributed by atoms with E-state index in [4.69, 9.17) is 15.9 Å². The van der Waals surface area contributed by atoms with Crippen molar-refractivity contribution in [2.24, 2.45) is 0 Å². The Morgan fingerprint density at radius 3 is 2.42 bits per heavy atom. The molecule has 2 aliphatic heterocycles. The van der Waals surface area contributed by atoms with Crippen LogP contribution in [0.4, 0.5) is 11.5 Å². The van der Waals surface area contributed by atoms with Crippen LogP contribution in [0.2, 0.25) is 0 Å². The molecule has 1 aromatic heterocycles. The summed E-state index contributed by atoms with van der Waals surface area (Å²) in [6.45, 7) is 4.18. The second kappa shape index (κ2) is 9.29. The number of benzene rings is 3. The van der Waals surface area contributed by atoms with E-state index >= 15 is 0 Å². The van der Waals surface area contributed by atoms with E-state index in [1.165, 1.54) is 0 Å². The fourth-order valence-electron chi connectivity index (χ4n) is 3.74. The Morgan fingerprint density at radius 2 is 1.76 bits per heavy atom. The quantitative estimate of drug-likeness (QED) is 0.353. The number of nitrogens with one attached hydrogen (secondary N) is 2. The summed E-state index contributed by atoms with van der Waals surface area (Å²) in [5.74, 6) is 5.17. The standard InChI is InChI=1S/C23H17N3O.C4H7NO/c1-3-22-25-20-12-8-7-11-19(20)23(26-22)24-17-13-14-21(16(2)15-17)27-18-9-5-4-6-10-18;1-3-4(6-3)2-5-1/h1,4-15H,2H3,(H,24,25,26);3-5H,1-2H2. The molecule has 2 atom stereocenters. The Hall–Kier alpha value is -3.92. The van der Waals surface area contributed by atoms with Crippen molar-refractivity contribution in [2.75, 3.05) is 18.4 Å². The zero-order valence-electron chi connectivity index (χ0n) is 18.3. The maximum atomic E-state index is 5.94. The second-order valence-corrected chi connectivity index (χ2v) is 7.95. The lowest BCUT2D eigenvalue weighted by atomic mass is 10.2. The molecule has 0 aliphatic carbocycles. The van der Waals surface area contributed by atoms with Crippen molar-refractivity contribution in [3.05, 3.63) is 84.2 Å². The van der Waals surface area contributed by atoms with Crippen LogP contribution in [0.3, 0.4) is 0 Å². The lowest BCUT2D eigenvalue weighted by Crippen LogP contribution is -2.13. The first-order chi connectivity index (χ1) is 16.2. The molecule has 2 aliphatic rings. The van der Waals surface area contributed by atoms with E-state index in [0.717, 1.165) is 46.7 Å². The number of nitrogens with zero attached hydrogens (tertiary/aromatic N) is 2. The third-order valence-electron chi connectivity index (χ3n) is 5.52. The number of para-hydroxylation sites is 2. The van der Waals surface area contributed by atoms with Crippen LogP contribution in [0.25, 0.3) is 10.9 Å². The van der Waals surface area contributed by atoms with Crippen molar-refractivity contribution >= 4 is 22.4 Å². The van der Waals surface area contributed by atoms with Crippen molar-refractivity contribution in [2.45, 2.75) is 19.1 Å². The minimum absolute atomic E-state index is 0.358. The largest absolute Gasteiger partial charge is 0.457 e. The van der Waals surface area contributed by atoms with E-state index in [2.05, 4.69) is 26.5 Å². The molecule has 0 bridgehead atoms. The summed E-state index contributed by atoms with van der Waals surface area (Å²) in [5.41, 5.74) is 2.72. The maximum Gasteiger partial charge on any atom is 0.207 e. The number of terminal acetylenes is 1. The Kier molecular flexibility index (Phi) is 5.90. The zero-order valence-corrected chi connectivity index (χ0v) is 18.3. The highest BCUT2D eigenvalue weighted by atomic mass is 16.6. The minimum atomic E-state index is 0.358. The molecule has 6 rings (SSSR count). The van der Waals surface area contributed by atoms with Gasteiger partial charge in [-0.25, -0.2) is 9.97 Å². The van der Waals surface area contributed by atoms with Crippen molar-refractivity contribution in [3.8, 4) is 23.8 Å². The first-order valence-corrected chi connectivity index (χ1v) is 10.9. The number of epoxide rings is 1. The average Bonchev–Trinajstić information content (AvgIpc) is 3.45. The molecule has 4 aromatic rings. The summed E-state index contributed by atoms with van der Waals surface area (Å²) in [6.07, 6.45) is 6.70. The van der Waals surface area contributed by atoms with Gasteiger partial charge < -0.3 is 20.1 Å². The van der Waals surface area contributed by atoms with Crippen LogP contribution in [0.1, 0.15) is 11.4 Å². The fourth-order valence-corrected chi connectivity index (χ4v) is 3.74. The number of rotatable bonds is 4. The molecule has 0 radical (unpaired) electrons. The van der Waals surface area contributed by atoms with Gasteiger partial charge in [-0.1, -0.05) is 30.3 Å². The van der Waals surface area contributed by atoms with Gasteiger partial charge in [0, 0.05) is 24.2 Å². The molecular weight excluding hydrogens is 412 g/mol. The molecule has 2 fully saturated rings. The van der Waals surface area contributed by atoms with Crippen molar-refractivity contribution in [3.63, 3.8) is 0 Å². The van der Waals surface area contributed by atoms with E-state index in [0.29, 0.717) is 23.9 Å². The summed E-state index contributed by atoms with van der Waals surface area (Å²) in [5, 5.41) is 7.46.